The summed E-state index contributed by atoms with van der Waals surface area (Å²) in [5, 5.41) is 4.58. The Balaban J connectivity index is 2.44. The molecule has 0 aliphatic carbocycles. The molecule has 1 aromatic rings. The maximum atomic E-state index is 5.70. The minimum Gasteiger partial charge on any atom is -0.383 e. The minimum absolute atomic E-state index is 0.492. The third kappa shape index (κ3) is 3.70. The van der Waals surface area contributed by atoms with E-state index in [1.807, 2.05) is 6.92 Å². The van der Waals surface area contributed by atoms with Crippen LogP contribution in [0.4, 0.5) is 10.8 Å². The summed E-state index contributed by atoms with van der Waals surface area (Å²) in [7, 11) is 0. The average molecular weight is 227 g/mol. The number of aromatic nitrogens is 1. The molecule has 86 valence electrons. The highest BCUT2D eigenvalue weighted by atomic mass is 32.1. The second kappa shape index (κ2) is 5.35. The maximum absolute atomic E-state index is 5.70. The number of hydrogen-bond acceptors (Lipinski definition) is 4. The summed E-state index contributed by atoms with van der Waals surface area (Å²) in [6, 6.07) is 0.492. The molecule has 1 rings (SSSR count). The van der Waals surface area contributed by atoms with Crippen LogP contribution in [0.25, 0.3) is 0 Å². The van der Waals surface area contributed by atoms with Gasteiger partial charge in [-0.05, 0) is 44.1 Å². The van der Waals surface area contributed by atoms with Crippen LogP contribution in [-0.4, -0.2) is 10.4 Å². The Morgan fingerprint density at radius 1 is 1.33 bits per heavy atom. The summed E-state index contributed by atoms with van der Waals surface area (Å²) >= 11 is 1.45. The molecule has 1 heterocycles. The second-order valence-electron chi connectivity index (χ2n) is 4.54. The van der Waals surface area contributed by atoms with Gasteiger partial charge in [0.1, 0.15) is 10.8 Å². The molecule has 4 heteroatoms. The third-order valence-corrected chi connectivity index (χ3v) is 3.41. The Labute approximate surface area is 96.2 Å². The average Bonchev–Trinajstić information content (AvgIpc) is 2.47. The van der Waals surface area contributed by atoms with Crippen LogP contribution >= 0.6 is 11.5 Å². The number of rotatable bonds is 5. The van der Waals surface area contributed by atoms with Gasteiger partial charge >= 0.3 is 0 Å². The topological polar surface area (TPSA) is 50.9 Å². The number of nitrogen functional groups attached to an aromatic ring is 1. The lowest BCUT2D eigenvalue weighted by Gasteiger charge is -2.15. The van der Waals surface area contributed by atoms with Crippen molar-refractivity contribution in [2.24, 2.45) is 5.92 Å². The minimum atomic E-state index is 0.492. The van der Waals surface area contributed by atoms with Gasteiger partial charge in [0, 0.05) is 11.6 Å². The molecular weight excluding hydrogens is 206 g/mol. The van der Waals surface area contributed by atoms with Crippen molar-refractivity contribution in [3.8, 4) is 0 Å². The van der Waals surface area contributed by atoms with Crippen LogP contribution < -0.4 is 11.1 Å². The summed E-state index contributed by atoms with van der Waals surface area (Å²) in [4.78, 5) is 0. The van der Waals surface area contributed by atoms with E-state index in [2.05, 4.69) is 30.5 Å². The van der Waals surface area contributed by atoms with E-state index in [9.17, 15) is 0 Å². The zero-order valence-electron chi connectivity index (χ0n) is 10.0. The Bertz CT molecular complexity index is 307. The first-order valence-corrected chi connectivity index (χ1v) is 6.26. The first-order chi connectivity index (χ1) is 7.00. The van der Waals surface area contributed by atoms with Gasteiger partial charge in [0.15, 0.2) is 0 Å². The number of nitrogens with zero attached hydrogens (tertiary/aromatic N) is 1. The van der Waals surface area contributed by atoms with Gasteiger partial charge in [0.05, 0.1) is 0 Å². The van der Waals surface area contributed by atoms with E-state index in [-0.39, 0.29) is 0 Å². The van der Waals surface area contributed by atoms with Crippen molar-refractivity contribution in [3.63, 3.8) is 0 Å². The molecule has 1 unspecified atom stereocenters. The summed E-state index contributed by atoms with van der Waals surface area (Å²) in [6.45, 7) is 8.72. The van der Waals surface area contributed by atoms with Gasteiger partial charge in [-0.15, -0.1) is 0 Å². The molecule has 0 saturated carbocycles. The molecule has 3 nitrogen and oxygen atoms in total. The Kier molecular flexibility index (Phi) is 4.39. The van der Waals surface area contributed by atoms with Gasteiger partial charge in [-0.25, -0.2) is 0 Å². The van der Waals surface area contributed by atoms with Gasteiger partial charge in [-0.3, -0.25) is 0 Å². The fraction of sp³-hybridized carbons (Fsp3) is 0.727. The van der Waals surface area contributed by atoms with Crippen LogP contribution in [0.1, 0.15) is 39.2 Å². The lowest BCUT2D eigenvalue weighted by Crippen LogP contribution is -2.15. The molecule has 0 saturated heterocycles. The molecular formula is C11H21N3S. The van der Waals surface area contributed by atoms with Crippen LogP contribution in [0.15, 0.2) is 0 Å². The highest BCUT2D eigenvalue weighted by molar-refractivity contribution is 7.10. The lowest BCUT2D eigenvalue weighted by atomic mass is 10.0. The molecule has 15 heavy (non-hydrogen) atoms. The van der Waals surface area contributed by atoms with Crippen molar-refractivity contribution >= 4 is 22.4 Å². The van der Waals surface area contributed by atoms with E-state index in [0.717, 1.165) is 16.5 Å². The predicted octanol–water partition coefficient (Wildman–Crippen LogP) is 3.27. The molecule has 1 aromatic heterocycles. The monoisotopic (exact) mass is 227 g/mol. The second-order valence-corrected chi connectivity index (χ2v) is 5.31. The number of anilines is 2. The van der Waals surface area contributed by atoms with Gasteiger partial charge in [0.25, 0.3) is 0 Å². The van der Waals surface area contributed by atoms with Crippen LogP contribution in [0.3, 0.4) is 0 Å². The smallest absolute Gasteiger partial charge is 0.142 e. The van der Waals surface area contributed by atoms with E-state index in [1.54, 1.807) is 0 Å². The van der Waals surface area contributed by atoms with Crippen LogP contribution in [0.2, 0.25) is 0 Å². The van der Waals surface area contributed by atoms with Crippen LogP contribution in [0, 0.1) is 12.8 Å². The van der Waals surface area contributed by atoms with Crippen LogP contribution in [-0.2, 0) is 0 Å². The normalized spacial score (nSPS) is 13.1. The van der Waals surface area contributed by atoms with Crippen molar-refractivity contribution in [1.82, 2.24) is 4.37 Å². The van der Waals surface area contributed by atoms with Gasteiger partial charge in [-0.1, -0.05) is 13.8 Å². The third-order valence-electron chi connectivity index (χ3n) is 2.51. The Morgan fingerprint density at radius 2 is 2.00 bits per heavy atom. The highest BCUT2D eigenvalue weighted by Gasteiger charge is 2.09. The van der Waals surface area contributed by atoms with E-state index >= 15 is 0 Å². The van der Waals surface area contributed by atoms with Crippen molar-refractivity contribution in [2.45, 2.75) is 46.6 Å². The fourth-order valence-corrected chi connectivity index (χ4v) is 2.18. The van der Waals surface area contributed by atoms with E-state index in [1.165, 1.54) is 24.4 Å². The standard InChI is InChI=1S/C11H21N3S/c1-7(2)5-6-8(3)13-11-9(4)10(12)14-15-11/h7-8,13H,5-6H2,1-4H3,(H2,12,14). The molecule has 0 radical (unpaired) electrons. The van der Waals surface area contributed by atoms with Crippen molar-refractivity contribution in [3.05, 3.63) is 5.56 Å². The van der Waals surface area contributed by atoms with Crippen LogP contribution in [0.5, 0.6) is 0 Å². The van der Waals surface area contributed by atoms with Gasteiger partial charge in [0.2, 0.25) is 0 Å². The quantitative estimate of drug-likeness (QED) is 0.811. The Morgan fingerprint density at radius 3 is 2.47 bits per heavy atom. The molecule has 0 fully saturated rings. The first kappa shape index (κ1) is 12.3. The molecule has 1 atom stereocenters. The molecule has 0 amide bonds. The molecule has 0 aliphatic rings. The highest BCUT2D eigenvalue weighted by Crippen LogP contribution is 2.26. The summed E-state index contributed by atoms with van der Waals surface area (Å²) in [6.07, 6.45) is 2.44. The largest absolute Gasteiger partial charge is 0.383 e. The van der Waals surface area contributed by atoms with Crippen molar-refractivity contribution < 1.29 is 0 Å². The maximum Gasteiger partial charge on any atom is 0.142 e. The SMILES string of the molecule is Cc1c(N)nsc1NC(C)CCC(C)C. The molecule has 0 aliphatic heterocycles. The zero-order valence-corrected chi connectivity index (χ0v) is 10.8. The summed E-state index contributed by atoms with van der Waals surface area (Å²) in [5.74, 6) is 1.42. The van der Waals surface area contributed by atoms with Gasteiger partial charge in [-0.2, -0.15) is 4.37 Å². The van der Waals surface area contributed by atoms with E-state index in [0.29, 0.717) is 11.9 Å². The molecule has 3 N–H and O–H groups in total. The molecule has 0 bridgehead atoms. The summed E-state index contributed by atoms with van der Waals surface area (Å²) < 4.78 is 4.12. The van der Waals surface area contributed by atoms with E-state index < -0.39 is 0 Å². The lowest BCUT2D eigenvalue weighted by molar-refractivity contribution is 0.528. The zero-order chi connectivity index (χ0) is 11.4. The molecule has 0 spiro atoms. The van der Waals surface area contributed by atoms with Crippen molar-refractivity contribution in [2.75, 3.05) is 11.1 Å². The van der Waals surface area contributed by atoms with E-state index in [4.69, 9.17) is 5.73 Å². The van der Waals surface area contributed by atoms with Gasteiger partial charge < -0.3 is 11.1 Å². The first-order valence-electron chi connectivity index (χ1n) is 5.49. The van der Waals surface area contributed by atoms with Crippen molar-refractivity contribution in [1.29, 1.82) is 0 Å². The summed E-state index contributed by atoms with van der Waals surface area (Å²) in [5.41, 5.74) is 6.78. The number of hydrogen-bond donors (Lipinski definition) is 2. The predicted molar refractivity (Wildman–Crippen MR) is 68.4 cm³/mol. The Hall–Kier alpha value is -0.770. The number of nitrogens with two attached hydrogens (primary N) is 1. The number of nitrogens with one attached hydrogen (secondary N) is 1. The fourth-order valence-electron chi connectivity index (χ4n) is 1.36. The molecule has 0 aromatic carbocycles.